The van der Waals surface area contributed by atoms with Crippen molar-refractivity contribution in [2.24, 2.45) is 0 Å². The quantitative estimate of drug-likeness (QED) is 0.287. The minimum Gasteiger partial charge on any atom is -0.504 e. The Morgan fingerprint density at radius 1 is 0.714 bits per heavy atom. The number of aromatic nitrogens is 1. The van der Waals surface area contributed by atoms with Crippen molar-refractivity contribution in [2.45, 2.75) is 6.54 Å². The SMILES string of the molecule is O=c1c2cc(O)c(O)cc2c2cc(O)c(O)cc2n1Cc1ccc(Cl)c(Cl)c1. The van der Waals surface area contributed by atoms with Crippen LogP contribution in [0.3, 0.4) is 0 Å². The van der Waals surface area contributed by atoms with Gasteiger partial charge in [-0.3, -0.25) is 4.79 Å². The summed E-state index contributed by atoms with van der Waals surface area (Å²) < 4.78 is 1.38. The molecular weight excluding hydrogens is 405 g/mol. The van der Waals surface area contributed by atoms with Gasteiger partial charge >= 0.3 is 0 Å². The molecule has 6 nitrogen and oxygen atoms in total. The highest BCUT2D eigenvalue weighted by molar-refractivity contribution is 6.42. The second kappa shape index (κ2) is 6.51. The van der Waals surface area contributed by atoms with Crippen molar-refractivity contribution in [1.82, 2.24) is 4.57 Å². The van der Waals surface area contributed by atoms with E-state index in [9.17, 15) is 25.2 Å². The van der Waals surface area contributed by atoms with Crippen molar-refractivity contribution in [3.63, 3.8) is 0 Å². The molecular formula is C20H13Cl2NO5. The molecule has 4 aromatic rings. The van der Waals surface area contributed by atoms with Crippen LogP contribution in [-0.4, -0.2) is 25.0 Å². The maximum absolute atomic E-state index is 13.1. The minimum absolute atomic E-state index is 0.105. The van der Waals surface area contributed by atoms with E-state index in [1.54, 1.807) is 18.2 Å². The average Bonchev–Trinajstić information content (AvgIpc) is 2.65. The van der Waals surface area contributed by atoms with Gasteiger partial charge in [0.25, 0.3) is 5.56 Å². The van der Waals surface area contributed by atoms with E-state index >= 15 is 0 Å². The summed E-state index contributed by atoms with van der Waals surface area (Å²) in [6.45, 7) is 0.105. The van der Waals surface area contributed by atoms with E-state index in [1.807, 2.05) is 0 Å². The molecule has 1 heterocycles. The third-order valence-corrected chi connectivity index (χ3v) is 5.33. The van der Waals surface area contributed by atoms with E-state index in [4.69, 9.17) is 23.2 Å². The highest BCUT2D eigenvalue weighted by Gasteiger charge is 2.16. The first-order valence-electron chi connectivity index (χ1n) is 8.14. The number of fused-ring (bicyclic) bond motifs is 3. The molecule has 0 amide bonds. The van der Waals surface area contributed by atoms with Crippen molar-refractivity contribution >= 4 is 44.9 Å². The van der Waals surface area contributed by atoms with Crippen LogP contribution >= 0.6 is 23.2 Å². The number of hydrogen-bond acceptors (Lipinski definition) is 5. The molecule has 3 aromatic carbocycles. The number of hydrogen-bond donors (Lipinski definition) is 4. The van der Waals surface area contributed by atoms with E-state index in [1.165, 1.54) is 28.8 Å². The largest absolute Gasteiger partial charge is 0.504 e. The molecule has 0 bridgehead atoms. The number of phenolic OH excluding ortho intramolecular Hbond substituents is 4. The van der Waals surface area contributed by atoms with E-state index in [2.05, 4.69) is 0 Å². The zero-order chi connectivity index (χ0) is 20.2. The minimum atomic E-state index is -0.450. The molecule has 4 N–H and O–H groups in total. The van der Waals surface area contributed by atoms with Crippen LogP contribution in [0.5, 0.6) is 23.0 Å². The maximum atomic E-state index is 13.1. The third kappa shape index (κ3) is 2.87. The lowest BCUT2D eigenvalue weighted by Crippen LogP contribution is -2.21. The van der Waals surface area contributed by atoms with Gasteiger partial charge in [0.2, 0.25) is 0 Å². The third-order valence-electron chi connectivity index (χ3n) is 4.59. The first-order valence-corrected chi connectivity index (χ1v) is 8.90. The molecule has 142 valence electrons. The zero-order valence-electron chi connectivity index (χ0n) is 14.1. The lowest BCUT2D eigenvalue weighted by atomic mass is 10.0. The molecule has 0 atom stereocenters. The summed E-state index contributed by atoms with van der Waals surface area (Å²) in [7, 11) is 0. The van der Waals surface area contributed by atoms with Crippen LogP contribution in [0.2, 0.25) is 10.0 Å². The summed E-state index contributed by atoms with van der Waals surface area (Å²) in [4.78, 5) is 13.1. The van der Waals surface area contributed by atoms with Crippen molar-refractivity contribution < 1.29 is 20.4 Å². The molecule has 0 aliphatic heterocycles. The molecule has 0 aliphatic carbocycles. The standard InChI is InChI=1S/C20H13Cl2NO5/c21-13-2-1-9(3-14(13)22)8-23-15-7-19(27)17(25)5-11(15)10-4-16(24)18(26)6-12(10)20(23)28/h1-7,24-27H,8H2. The summed E-state index contributed by atoms with van der Waals surface area (Å²) in [5.74, 6) is -1.60. The van der Waals surface area contributed by atoms with Gasteiger partial charge < -0.3 is 25.0 Å². The molecule has 8 heteroatoms. The molecule has 4 rings (SSSR count). The monoisotopic (exact) mass is 417 g/mol. The Balaban J connectivity index is 2.09. The van der Waals surface area contributed by atoms with Crippen LogP contribution in [-0.2, 0) is 6.54 Å². The molecule has 0 saturated carbocycles. The van der Waals surface area contributed by atoms with Gasteiger partial charge in [-0.2, -0.15) is 0 Å². The summed E-state index contributed by atoms with van der Waals surface area (Å²) in [6, 6.07) is 9.93. The molecule has 0 aliphatic rings. The van der Waals surface area contributed by atoms with Crippen molar-refractivity contribution in [1.29, 1.82) is 0 Å². The van der Waals surface area contributed by atoms with Gasteiger partial charge in [0.1, 0.15) is 0 Å². The zero-order valence-corrected chi connectivity index (χ0v) is 15.7. The topological polar surface area (TPSA) is 103 Å². The van der Waals surface area contributed by atoms with Gasteiger partial charge in [-0.05, 0) is 35.9 Å². The molecule has 0 fully saturated rings. The number of halogens is 2. The lowest BCUT2D eigenvalue weighted by Gasteiger charge is -2.15. The average molecular weight is 418 g/mol. The van der Waals surface area contributed by atoms with E-state index in [0.717, 1.165) is 0 Å². The molecule has 28 heavy (non-hydrogen) atoms. The first kappa shape index (κ1) is 18.3. The summed E-state index contributed by atoms with van der Waals surface area (Å²) in [5, 5.41) is 41.2. The Bertz CT molecular complexity index is 1330. The molecule has 0 radical (unpaired) electrons. The van der Waals surface area contributed by atoms with Gasteiger partial charge in [0.15, 0.2) is 23.0 Å². The van der Waals surface area contributed by atoms with Gasteiger partial charge in [-0.25, -0.2) is 0 Å². The summed E-state index contributed by atoms with van der Waals surface area (Å²) >= 11 is 12.0. The van der Waals surface area contributed by atoms with Gasteiger partial charge in [-0.15, -0.1) is 0 Å². The number of aromatic hydroxyl groups is 4. The highest BCUT2D eigenvalue weighted by Crippen LogP contribution is 2.37. The normalized spacial score (nSPS) is 11.4. The second-order valence-electron chi connectivity index (χ2n) is 6.38. The van der Waals surface area contributed by atoms with Gasteiger partial charge in [0.05, 0.1) is 27.5 Å². The van der Waals surface area contributed by atoms with E-state index in [0.29, 0.717) is 31.9 Å². The summed E-state index contributed by atoms with van der Waals surface area (Å²) in [5.41, 5.74) is 0.575. The second-order valence-corrected chi connectivity index (χ2v) is 7.20. The predicted octanol–water partition coefficient (Wildman–Crippen LogP) is 4.33. The van der Waals surface area contributed by atoms with Crippen LogP contribution in [0.1, 0.15) is 5.56 Å². The molecule has 0 spiro atoms. The fraction of sp³-hybridized carbons (Fsp3) is 0.0500. The van der Waals surface area contributed by atoms with Crippen molar-refractivity contribution in [3.05, 3.63) is 68.4 Å². The maximum Gasteiger partial charge on any atom is 0.259 e. The van der Waals surface area contributed by atoms with E-state index in [-0.39, 0.29) is 17.7 Å². The van der Waals surface area contributed by atoms with Crippen LogP contribution < -0.4 is 5.56 Å². The number of rotatable bonds is 2. The van der Waals surface area contributed by atoms with Crippen LogP contribution in [0, 0.1) is 0 Å². The fourth-order valence-electron chi connectivity index (χ4n) is 3.21. The Hall–Kier alpha value is -3.09. The Morgan fingerprint density at radius 3 is 1.93 bits per heavy atom. The van der Waals surface area contributed by atoms with Crippen molar-refractivity contribution in [3.8, 4) is 23.0 Å². The van der Waals surface area contributed by atoms with Crippen LogP contribution in [0.25, 0.3) is 21.7 Å². The molecule has 1 aromatic heterocycles. The number of nitrogens with zero attached hydrogens (tertiary/aromatic N) is 1. The Kier molecular flexibility index (Phi) is 4.25. The molecule has 0 saturated heterocycles. The Labute approximate surface area is 168 Å². The van der Waals surface area contributed by atoms with E-state index < -0.39 is 22.8 Å². The highest BCUT2D eigenvalue weighted by atomic mass is 35.5. The molecule has 0 unspecified atom stereocenters. The van der Waals surface area contributed by atoms with Crippen LogP contribution in [0.15, 0.2) is 47.3 Å². The Morgan fingerprint density at radius 2 is 1.29 bits per heavy atom. The van der Waals surface area contributed by atoms with Gasteiger partial charge in [0, 0.05) is 16.8 Å². The van der Waals surface area contributed by atoms with Gasteiger partial charge in [-0.1, -0.05) is 29.3 Å². The number of pyridine rings is 1. The summed E-state index contributed by atoms with van der Waals surface area (Å²) in [6.07, 6.45) is 0. The predicted molar refractivity (Wildman–Crippen MR) is 108 cm³/mol. The lowest BCUT2D eigenvalue weighted by molar-refractivity contribution is 0.404. The number of phenols is 4. The first-order chi connectivity index (χ1) is 13.3. The fourth-order valence-corrected chi connectivity index (χ4v) is 3.53. The van der Waals surface area contributed by atoms with Crippen LogP contribution in [0.4, 0.5) is 0 Å². The smallest absolute Gasteiger partial charge is 0.259 e. The van der Waals surface area contributed by atoms with Crippen molar-refractivity contribution in [2.75, 3.05) is 0 Å². The number of benzene rings is 3.